The van der Waals surface area contributed by atoms with Gasteiger partial charge in [-0.05, 0) is 23.8 Å². The maximum absolute atomic E-state index is 12.7. The van der Waals surface area contributed by atoms with Crippen molar-refractivity contribution in [3.63, 3.8) is 0 Å². The van der Waals surface area contributed by atoms with Crippen molar-refractivity contribution in [2.45, 2.75) is 29.0 Å². The van der Waals surface area contributed by atoms with Crippen molar-refractivity contribution >= 4 is 46.1 Å². The average molecular weight is 423 g/mol. The smallest absolute Gasteiger partial charge is 0.328 e. The van der Waals surface area contributed by atoms with E-state index in [1.165, 1.54) is 18.9 Å². The fourth-order valence-electron chi connectivity index (χ4n) is 3.50. The van der Waals surface area contributed by atoms with Crippen LogP contribution in [0, 0.1) is 0 Å². The minimum absolute atomic E-state index is 0.0355. The highest BCUT2D eigenvalue weighted by Gasteiger charge is 2.31. The van der Waals surface area contributed by atoms with Crippen LogP contribution in [0.1, 0.15) is 12.0 Å². The molecule has 2 atom stereocenters. The quantitative estimate of drug-likeness (QED) is 0.530. The van der Waals surface area contributed by atoms with Crippen molar-refractivity contribution in [2.24, 2.45) is 0 Å². The van der Waals surface area contributed by atoms with Crippen LogP contribution in [-0.4, -0.2) is 41.2 Å². The number of ether oxygens (including phenoxy) is 1. The number of amides is 2. The topological polar surface area (TPSA) is 100 Å². The van der Waals surface area contributed by atoms with E-state index in [0.717, 1.165) is 27.0 Å². The lowest BCUT2D eigenvalue weighted by Gasteiger charge is -2.24. The van der Waals surface area contributed by atoms with Crippen molar-refractivity contribution in [3.8, 4) is 0 Å². The Morgan fingerprint density at radius 1 is 1.17 bits per heavy atom. The van der Waals surface area contributed by atoms with Crippen LogP contribution in [0.3, 0.4) is 0 Å². The molecule has 3 aromatic rings. The number of hydrogen-bond acceptors (Lipinski definition) is 5. The Morgan fingerprint density at radius 2 is 1.93 bits per heavy atom. The summed E-state index contributed by atoms with van der Waals surface area (Å²) in [5, 5.41) is 5.99. The molecular formula is C22H21N3O4S. The van der Waals surface area contributed by atoms with Crippen LogP contribution in [-0.2, 0) is 25.5 Å². The van der Waals surface area contributed by atoms with Gasteiger partial charge in [-0.1, -0.05) is 30.3 Å². The molecule has 2 aromatic carbocycles. The predicted octanol–water partition coefficient (Wildman–Crippen LogP) is 2.87. The number of carbonyl (C=O) groups excluding carboxylic acids is 3. The zero-order valence-corrected chi connectivity index (χ0v) is 17.1. The van der Waals surface area contributed by atoms with Crippen LogP contribution in [0.2, 0.25) is 0 Å². The molecule has 154 valence electrons. The van der Waals surface area contributed by atoms with E-state index < -0.39 is 17.3 Å². The fourth-order valence-corrected chi connectivity index (χ4v) is 4.62. The first-order valence-electron chi connectivity index (χ1n) is 9.54. The van der Waals surface area contributed by atoms with Crippen molar-refractivity contribution in [1.82, 2.24) is 10.3 Å². The Bertz CT molecular complexity index is 1110. The Kier molecular flexibility index (Phi) is 5.76. The third kappa shape index (κ3) is 4.18. The minimum Gasteiger partial charge on any atom is -0.467 e. The van der Waals surface area contributed by atoms with Gasteiger partial charge in [0.05, 0.1) is 18.0 Å². The number of aromatic nitrogens is 1. The number of methoxy groups -OCH3 is 1. The zero-order valence-electron chi connectivity index (χ0n) is 16.3. The normalized spacial score (nSPS) is 16.4. The number of thioether (sulfide) groups is 1. The molecule has 1 aliphatic heterocycles. The molecule has 0 unspecified atom stereocenters. The fraction of sp³-hybridized carbons (Fsp3) is 0.227. The Labute approximate surface area is 177 Å². The number of para-hydroxylation sites is 2. The number of hydrogen-bond donors (Lipinski definition) is 3. The lowest BCUT2D eigenvalue weighted by Crippen LogP contribution is -2.45. The molecule has 1 aliphatic rings. The van der Waals surface area contributed by atoms with Gasteiger partial charge in [0, 0.05) is 34.8 Å². The van der Waals surface area contributed by atoms with E-state index in [9.17, 15) is 14.4 Å². The molecule has 3 N–H and O–H groups in total. The Morgan fingerprint density at radius 3 is 2.77 bits per heavy atom. The van der Waals surface area contributed by atoms with Gasteiger partial charge in [0.2, 0.25) is 11.8 Å². The molecule has 0 radical (unpaired) electrons. The van der Waals surface area contributed by atoms with Gasteiger partial charge >= 0.3 is 5.97 Å². The molecule has 7 nitrogen and oxygen atoms in total. The summed E-state index contributed by atoms with van der Waals surface area (Å²) in [5.41, 5.74) is 2.60. The van der Waals surface area contributed by atoms with Crippen LogP contribution in [0.5, 0.6) is 0 Å². The molecule has 2 amide bonds. The summed E-state index contributed by atoms with van der Waals surface area (Å²) < 4.78 is 4.88. The largest absolute Gasteiger partial charge is 0.467 e. The molecule has 1 aromatic heterocycles. The van der Waals surface area contributed by atoms with Crippen molar-refractivity contribution < 1.29 is 19.1 Å². The SMILES string of the molecule is COC(=O)[C@@H](Cc1c[nH]c2ccccc12)NC(=O)C[C@H]1Sc2ccccc2NC1=O. The highest BCUT2D eigenvalue weighted by Crippen LogP contribution is 2.36. The zero-order chi connectivity index (χ0) is 21.1. The summed E-state index contributed by atoms with van der Waals surface area (Å²) in [6.07, 6.45) is 2.08. The number of rotatable bonds is 6. The molecule has 0 bridgehead atoms. The second kappa shape index (κ2) is 8.62. The summed E-state index contributed by atoms with van der Waals surface area (Å²) in [6, 6.07) is 14.4. The number of benzene rings is 2. The van der Waals surface area contributed by atoms with E-state index in [-0.39, 0.29) is 24.7 Å². The molecule has 4 rings (SSSR count). The van der Waals surface area contributed by atoms with E-state index in [2.05, 4.69) is 15.6 Å². The van der Waals surface area contributed by atoms with Crippen molar-refractivity contribution in [1.29, 1.82) is 0 Å². The van der Waals surface area contributed by atoms with Crippen LogP contribution in [0.15, 0.2) is 59.6 Å². The van der Waals surface area contributed by atoms with Gasteiger partial charge in [-0.25, -0.2) is 4.79 Å². The first kappa shape index (κ1) is 20.0. The van der Waals surface area contributed by atoms with E-state index in [1.807, 2.05) is 54.7 Å². The Balaban J connectivity index is 1.45. The van der Waals surface area contributed by atoms with Gasteiger partial charge in [-0.15, -0.1) is 11.8 Å². The second-order valence-corrected chi connectivity index (χ2v) is 8.25. The molecular weight excluding hydrogens is 402 g/mol. The van der Waals surface area contributed by atoms with E-state index in [1.54, 1.807) is 0 Å². The van der Waals surface area contributed by atoms with Crippen molar-refractivity contribution in [2.75, 3.05) is 12.4 Å². The number of fused-ring (bicyclic) bond motifs is 2. The Hall–Kier alpha value is -3.26. The molecule has 0 fully saturated rings. The first-order valence-corrected chi connectivity index (χ1v) is 10.4. The van der Waals surface area contributed by atoms with Crippen LogP contribution in [0.4, 0.5) is 5.69 Å². The van der Waals surface area contributed by atoms with E-state index in [0.29, 0.717) is 0 Å². The minimum atomic E-state index is -0.842. The first-order chi connectivity index (χ1) is 14.5. The van der Waals surface area contributed by atoms with Gasteiger partial charge in [-0.3, -0.25) is 9.59 Å². The van der Waals surface area contributed by atoms with Gasteiger partial charge in [0.1, 0.15) is 6.04 Å². The highest BCUT2D eigenvalue weighted by atomic mass is 32.2. The molecule has 8 heteroatoms. The number of aromatic amines is 1. The maximum atomic E-state index is 12.7. The standard InChI is InChI=1S/C22H21N3O4S/c1-29-22(28)17(10-13-12-23-15-7-3-2-6-14(13)15)24-20(26)11-19-21(27)25-16-8-4-5-9-18(16)30-19/h2-9,12,17,19,23H,10-11H2,1H3,(H,24,26)(H,25,27)/t17-,19-/m1/s1. The summed E-state index contributed by atoms with van der Waals surface area (Å²) in [5.74, 6) is -1.13. The third-order valence-corrected chi connectivity index (χ3v) is 6.27. The third-order valence-electron chi connectivity index (χ3n) is 5.00. The molecule has 0 spiro atoms. The lowest BCUT2D eigenvalue weighted by atomic mass is 10.0. The molecule has 30 heavy (non-hydrogen) atoms. The molecule has 0 aliphatic carbocycles. The monoisotopic (exact) mass is 423 g/mol. The van der Waals surface area contributed by atoms with Crippen LogP contribution < -0.4 is 10.6 Å². The number of nitrogens with one attached hydrogen (secondary N) is 3. The second-order valence-electron chi connectivity index (χ2n) is 7.00. The van der Waals surface area contributed by atoms with Gasteiger partial charge in [0.15, 0.2) is 0 Å². The summed E-state index contributed by atoms with van der Waals surface area (Å²) in [4.78, 5) is 41.4. The summed E-state index contributed by atoms with van der Waals surface area (Å²) in [6.45, 7) is 0. The number of anilines is 1. The molecule has 0 saturated carbocycles. The highest BCUT2D eigenvalue weighted by molar-refractivity contribution is 8.01. The van der Waals surface area contributed by atoms with Gasteiger partial charge in [0.25, 0.3) is 0 Å². The molecule has 2 heterocycles. The van der Waals surface area contributed by atoms with E-state index >= 15 is 0 Å². The average Bonchev–Trinajstić information content (AvgIpc) is 3.16. The number of H-pyrrole nitrogens is 1. The number of esters is 1. The summed E-state index contributed by atoms with van der Waals surface area (Å²) >= 11 is 1.35. The van der Waals surface area contributed by atoms with Gasteiger partial charge in [-0.2, -0.15) is 0 Å². The lowest BCUT2D eigenvalue weighted by molar-refractivity contribution is -0.145. The maximum Gasteiger partial charge on any atom is 0.328 e. The summed E-state index contributed by atoms with van der Waals surface area (Å²) in [7, 11) is 1.29. The van der Waals surface area contributed by atoms with Crippen LogP contribution >= 0.6 is 11.8 Å². The van der Waals surface area contributed by atoms with Crippen molar-refractivity contribution in [3.05, 3.63) is 60.3 Å². The van der Waals surface area contributed by atoms with Crippen LogP contribution in [0.25, 0.3) is 10.9 Å². The molecule has 0 saturated heterocycles. The number of carbonyl (C=O) groups is 3. The van der Waals surface area contributed by atoms with E-state index in [4.69, 9.17) is 4.74 Å². The predicted molar refractivity (Wildman–Crippen MR) is 115 cm³/mol. The van der Waals surface area contributed by atoms with Gasteiger partial charge < -0.3 is 20.4 Å².